The fourth-order valence-electron chi connectivity index (χ4n) is 1.02. The van der Waals surface area contributed by atoms with Crippen LogP contribution in [0.25, 0.3) is 0 Å². The van der Waals surface area contributed by atoms with Crippen molar-refractivity contribution in [3.05, 3.63) is 11.1 Å². The molecule has 16 heavy (non-hydrogen) atoms. The Morgan fingerprint density at radius 1 is 1.62 bits per heavy atom. The van der Waals surface area contributed by atoms with Crippen molar-refractivity contribution in [2.24, 2.45) is 0 Å². The first kappa shape index (κ1) is 13.4. The van der Waals surface area contributed by atoms with Gasteiger partial charge in [0.15, 0.2) is 5.13 Å². The fourth-order valence-corrected chi connectivity index (χ4v) is 2.40. The maximum absolute atomic E-state index is 11.4. The van der Waals surface area contributed by atoms with Crippen LogP contribution < -0.4 is 5.32 Å². The molecule has 0 aliphatic rings. The molecule has 1 aromatic heterocycles. The van der Waals surface area contributed by atoms with Gasteiger partial charge in [0.1, 0.15) is 5.60 Å². The van der Waals surface area contributed by atoms with Crippen molar-refractivity contribution < 1.29 is 9.53 Å². The Hall–Kier alpha value is -0.670. The summed E-state index contributed by atoms with van der Waals surface area (Å²) in [6.45, 7) is 7.62. The van der Waals surface area contributed by atoms with Crippen LogP contribution in [0.15, 0.2) is 5.38 Å². The molecule has 1 unspecified atom stereocenters. The number of nitrogens with one attached hydrogen (secondary N) is 1. The second kappa shape index (κ2) is 5.60. The van der Waals surface area contributed by atoms with Crippen LogP contribution in [-0.4, -0.2) is 23.3 Å². The molecule has 6 heteroatoms. The normalized spacial score (nSPS) is 12.0. The number of anilines is 1. The largest absolute Gasteiger partial charge is 0.444 e. The van der Waals surface area contributed by atoms with E-state index in [4.69, 9.17) is 4.74 Å². The van der Waals surface area contributed by atoms with Crippen LogP contribution in [0.4, 0.5) is 9.93 Å². The van der Waals surface area contributed by atoms with Crippen molar-refractivity contribution in [2.45, 2.75) is 32.5 Å². The molecule has 1 atom stereocenters. The summed E-state index contributed by atoms with van der Waals surface area (Å²) in [4.78, 5) is 15.7. The van der Waals surface area contributed by atoms with E-state index < -0.39 is 11.7 Å². The van der Waals surface area contributed by atoms with Crippen molar-refractivity contribution in [3.8, 4) is 0 Å². The summed E-state index contributed by atoms with van der Waals surface area (Å²) >= 11 is 1.43. The Bertz CT molecular complexity index is 360. The van der Waals surface area contributed by atoms with E-state index in [0.29, 0.717) is 5.13 Å². The van der Waals surface area contributed by atoms with E-state index in [9.17, 15) is 4.79 Å². The van der Waals surface area contributed by atoms with Gasteiger partial charge in [-0.15, -0.1) is 19.9 Å². The number of carbonyl (C=O) groups is 1. The van der Waals surface area contributed by atoms with Gasteiger partial charge in [0.2, 0.25) is 0 Å². The maximum Gasteiger partial charge on any atom is 0.413 e. The lowest BCUT2D eigenvalue weighted by atomic mass is 10.2. The molecule has 0 saturated heterocycles. The maximum atomic E-state index is 11.4. The van der Waals surface area contributed by atoms with Gasteiger partial charge in [-0.05, 0) is 27.4 Å². The molecule has 0 saturated carbocycles. The number of carbonyl (C=O) groups excluding carboxylic acids is 1. The Morgan fingerprint density at radius 3 is 2.88 bits per heavy atom. The van der Waals surface area contributed by atoms with E-state index in [1.54, 1.807) is 0 Å². The summed E-state index contributed by atoms with van der Waals surface area (Å²) in [6.07, 6.45) is 0.513. The van der Waals surface area contributed by atoms with E-state index >= 15 is 0 Å². The zero-order valence-corrected chi connectivity index (χ0v) is 11.8. The highest BCUT2D eigenvalue weighted by Gasteiger charge is 2.17. The predicted molar refractivity (Wildman–Crippen MR) is 69.9 cm³/mol. The van der Waals surface area contributed by atoms with Gasteiger partial charge < -0.3 is 4.74 Å². The monoisotopic (exact) mass is 260 g/mol. The van der Waals surface area contributed by atoms with Crippen molar-refractivity contribution in [1.29, 1.82) is 0 Å². The fraction of sp³-hybridized carbons (Fsp3) is 0.600. The van der Waals surface area contributed by atoms with Crippen LogP contribution >= 0.6 is 19.9 Å². The van der Waals surface area contributed by atoms with Gasteiger partial charge in [-0.2, -0.15) is 0 Å². The second-order valence-corrected chi connectivity index (χ2v) is 6.22. The summed E-state index contributed by atoms with van der Waals surface area (Å²) in [6, 6.07) is 0. The molecule has 1 amide bonds. The van der Waals surface area contributed by atoms with Gasteiger partial charge >= 0.3 is 6.09 Å². The highest BCUT2D eigenvalue weighted by Crippen LogP contribution is 2.21. The predicted octanol–water partition coefficient (Wildman–Crippen LogP) is 3.30. The minimum Gasteiger partial charge on any atom is -0.444 e. The first-order valence-electron chi connectivity index (χ1n) is 5.00. The summed E-state index contributed by atoms with van der Waals surface area (Å²) in [5.41, 5.74) is 0.548. The molecule has 1 N–H and O–H groups in total. The number of hydrogen-bond donors (Lipinski definition) is 1. The minimum absolute atomic E-state index is 0.452. The van der Waals surface area contributed by atoms with Crippen LogP contribution in [0.3, 0.4) is 0 Å². The molecule has 0 aromatic carbocycles. The smallest absolute Gasteiger partial charge is 0.413 e. The van der Waals surface area contributed by atoms with Crippen molar-refractivity contribution in [1.82, 2.24) is 4.98 Å². The zero-order chi connectivity index (χ0) is 12.2. The lowest BCUT2D eigenvalue weighted by Crippen LogP contribution is -2.27. The van der Waals surface area contributed by atoms with Crippen LogP contribution in [0.2, 0.25) is 0 Å². The van der Waals surface area contributed by atoms with Gasteiger partial charge in [-0.1, -0.05) is 0 Å². The van der Waals surface area contributed by atoms with Crippen LogP contribution in [0, 0.1) is 0 Å². The topological polar surface area (TPSA) is 51.2 Å². The summed E-state index contributed by atoms with van der Waals surface area (Å²) in [7, 11) is 0.836. The van der Waals surface area contributed by atoms with E-state index in [0.717, 1.165) is 20.4 Å². The van der Waals surface area contributed by atoms with Crippen LogP contribution in [-0.2, 0) is 10.9 Å². The molecular weight excluding hydrogens is 243 g/mol. The number of ether oxygens (including phenoxy) is 1. The van der Waals surface area contributed by atoms with E-state index in [1.165, 1.54) is 11.3 Å². The number of amides is 1. The van der Waals surface area contributed by atoms with Crippen LogP contribution in [0.1, 0.15) is 26.5 Å². The molecule has 0 bridgehead atoms. The zero-order valence-electron chi connectivity index (χ0n) is 9.96. The summed E-state index contributed by atoms with van der Waals surface area (Å²) in [5.74, 6) is 0. The lowest BCUT2D eigenvalue weighted by molar-refractivity contribution is 0.0636. The number of aromatic nitrogens is 1. The standard InChI is InChI=1S/C10H17N2O2PS/c1-10(2,3)14-9(13)12-8-11-7(5-15-4)6-16-8/h6,15H,5H2,1-4H3,(H,11,12,13). The molecule has 0 spiro atoms. The lowest BCUT2D eigenvalue weighted by Gasteiger charge is -2.18. The molecular formula is C10H17N2O2PS. The average molecular weight is 260 g/mol. The first-order valence-corrected chi connectivity index (χ1v) is 7.58. The average Bonchev–Trinajstić information content (AvgIpc) is 2.49. The first-order chi connectivity index (χ1) is 7.40. The van der Waals surface area contributed by atoms with Crippen LogP contribution in [0.5, 0.6) is 0 Å². The molecule has 1 aromatic rings. The van der Waals surface area contributed by atoms with Gasteiger partial charge in [-0.25, -0.2) is 9.78 Å². The third-order valence-electron chi connectivity index (χ3n) is 1.52. The molecule has 90 valence electrons. The van der Waals surface area contributed by atoms with Gasteiger partial charge in [0.25, 0.3) is 0 Å². The second-order valence-electron chi connectivity index (χ2n) is 4.30. The van der Waals surface area contributed by atoms with E-state index in [1.807, 2.05) is 26.2 Å². The quantitative estimate of drug-likeness (QED) is 0.848. The van der Waals surface area contributed by atoms with E-state index in [2.05, 4.69) is 17.0 Å². The van der Waals surface area contributed by atoms with Crippen molar-refractivity contribution >= 4 is 31.1 Å². The Morgan fingerprint density at radius 2 is 2.31 bits per heavy atom. The van der Waals surface area contributed by atoms with E-state index in [-0.39, 0.29) is 0 Å². The summed E-state index contributed by atoms with van der Waals surface area (Å²) in [5, 5.41) is 5.19. The Kier molecular flexibility index (Phi) is 4.69. The third-order valence-corrected chi connectivity index (χ3v) is 3.04. The molecule has 1 heterocycles. The number of hydrogen-bond acceptors (Lipinski definition) is 4. The minimum atomic E-state index is -0.477. The Labute approximate surface area is 102 Å². The molecule has 0 aliphatic heterocycles. The van der Waals surface area contributed by atoms with Crippen molar-refractivity contribution in [3.63, 3.8) is 0 Å². The highest BCUT2D eigenvalue weighted by atomic mass is 32.1. The molecule has 0 fully saturated rings. The Balaban J connectivity index is 2.50. The molecule has 1 rings (SSSR count). The number of rotatable bonds is 3. The highest BCUT2D eigenvalue weighted by molar-refractivity contribution is 7.36. The van der Waals surface area contributed by atoms with Crippen molar-refractivity contribution in [2.75, 3.05) is 12.0 Å². The van der Waals surface area contributed by atoms with Gasteiger partial charge in [0, 0.05) is 11.5 Å². The van der Waals surface area contributed by atoms with Gasteiger partial charge in [0.05, 0.1) is 5.69 Å². The molecule has 0 radical (unpaired) electrons. The number of thiazole rings is 1. The molecule has 4 nitrogen and oxygen atoms in total. The SMILES string of the molecule is CPCc1csc(NC(=O)OC(C)(C)C)n1. The molecule has 0 aliphatic carbocycles. The number of nitrogens with zero attached hydrogens (tertiary/aromatic N) is 1. The third kappa shape index (κ3) is 4.90. The summed E-state index contributed by atoms with van der Waals surface area (Å²) < 4.78 is 5.13. The van der Waals surface area contributed by atoms with Gasteiger partial charge in [-0.3, -0.25) is 5.32 Å².